The van der Waals surface area contributed by atoms with E-state index in [1.807, 2.05) is 6.92 Å². The average molecular weight is 240 g/mol. The molecule has 0 aromatic carbocycles. The van der Waals surface area contributed by atoms with Gasteiger partial charge in [0, 0.05) is 25.8 Å². The summed E-state index contributed by atoms with van der Waals surface area (Å²) in [5.74, 6) is -1.61. The third-order valence-electron chi connectivity index (χ3n) is 2.63. The van der Waals surface area contributed by atoms with E-state index in [0.717, 1.165) is 5.69 Å². The Hall–Kier alpha value is -1.82. The fourth-order valence-electron chi connectivity index (χ4n) is 1.46. The number of aliphatic hydroxyl groups excluding tert-OH is 1. The molecule has 0 aliphatic heterocycles. The van der Waals surface area contributed by atoms with E-state index in [1.165, 1.54) is 0 Å². The van der Waals surface area contributed by atoms with Crippen LogP contribution in [-0.2, 0) is 11.8 Å². The molecule has 1 heterocycles. The number of carbonyl (C=O) groups excluding carboxylic acids is 1. The van der Waals surface area contributed by atoms with Crippen molar-refractivity contribution in [3.63, 3.8) is 0 Å². The lowest BCUT2D eigenvalue weighted by Gasteiger charge is -2.13. The second kappa shape index (κ2) is 5.49. The fraction of sp³-hybridized carbons (Fsp3) is 0.455. The van der Waals surface area contributed by atoms with Crippen molar-refractivity contribution in [2.75, 3.05) is 6.61 Å². The zero-order chi connectivity index (χ0) is 13.0. The van der Waals surface area contributed by atoms with Crippen LogP contribution in [0.25, 0.3) is 0 Å². The first-order valence-electron chi connectivity index (χ1n) is 5.24. The van der Waals surface area contributed by atoms with Crippen molar-refractivity contribution in [1.29, 1.82) is 0 Å². The molecule has 0 saturated carbocycles. The topological polar surface area (TPSA) is 91.6 Å². The lowest BCUT2D eigenvalue weighted by Crippen LogP contribution is -2.42. The number of hydrogen-bond donors (Lipinski definition) is 3. The number of aryl methyl sites for hydroxylation is 1. The number of carboxylic acids is 1. The first-order chi connectivity index (χ1) is 7.97. The van der Waals surface area contributed by atoms with E-state index in [-0.39, 0.29) is 13.0 Å². The Kier molecular flexibility index (Phi) is 4.28. The maximum absolute atomic E-state index is 11.8. The molecule has 1 aromatic rings. The van der Waals surface area contributed by atoms with Crippen LogP contribution in [0.15, 0.2) is 12.1 Å². The van der Waals surface area contributed by atoms with Crippen LogP contribution in [-0.4, -0.2) is 39.3 Å². The van der Waals surface area contributed by atoms with E-state index in [4.69, 9.17) is 10.2 Å². The monoisotopic (exact) mass is 240 g/mol. The van der Waals surface area contributed by atoms with Crippen LogP contribution in [0.5, 0.6) is 0 Å². The summed E-state index contributed by atoms with van der Waals surface area (Å²) in [5.41, 5.74) is 1.30. The van der Waals surface area contributed by atoms with Gasteiger partial charge in [-0.1, -0.05) is 0 Å². The molecule has 1 atom stereocenters. The second-order valence-corrected chi connectivity index (χ2v) is 3.80. The molecule has 0 spiro atoms. The molecule has 3 N–H and O–H groups in total. The molecule has 0 radical (unpaired) electrons. The lowest BCUT2D eigenvalue weighted by atomic mass is 10.2. The molecule has 1 rings (SSSR count). The van der Waals surface area contributed by atoms with Crippen LogP contribution in [0.1, 0.15) is 22.6 Å². The summed E-state index contributed by atoms with van der Waals surface area (Å²) in [6, 6.07) is 2.34. The normalized spacial score (nSPS) is 12.2. The van der Waals surface area contributed by atoms with Gasteiger partial charge in [0.15, 0.2) is 0 Å². The molecular formula is C11H16N2O4. The zero-order valence-corrected chi connectivity index (χ0v) is 9.80. The first-order valence-corrected chi connectivity index (χ1v) is 5.24. The minimum atomic E-state index is -1.15. The third kappa shape index (κ3) is 3.07. The number of nitrogens with one attached hydrogen (secondary N) is 1. The fourth-order valence-corrected chi connectivity index (χ4v) is 1.46. The number of amides is 1. The number of aliphatic hydroxyl groups is 1. The Labute approximate surface area is 98.9 Å². The third-order valence-corrected chi connectivity index (χ3v) is 2.63. The molecule has 1 aromatic heterocycles. The van der Waals surface area contributed by atoms with Gasteiger partial charge >= 0.3 is 5.97 Å². The van der Waals surface area contributed by atoms with Crippen LogP contribution in [0, 0.1) is 6.92 Å². The number of rotatable bonds is 5. The highest BCUT2D eigenvalue weighted by Crippen LogP contribution is 2.06. The van der Waals surface area contributed by atoms with Crippen molar-refractivity contribution in [3.05, 3.63) is 23.5 Å². The van der Waals surface area contributed by atoms with Crippen molar-refractivity contribution < 1.29 is 19.8 Å². The molecular weight excluding hydrogens is 224 g/mol. The smallest absolute Gasteiger partial charge is 0.326 e. The first kappa shape index (κ1) is 13.2. The molecule has 0 unspecified atom stereocenters. The highest BCUT2D eigenvalue weighted by atomic mass is 16.4. The molecule has 94 valence electrons. The lowest BCUT2D eigenvalue weighted by molar-refractivity contribution is -0.139. The number of nitrogens with zero attached hydrogens (tertiary/aromatic N) is 1. The number of carboxylic acid groups (broad SMARTS) is 1. The van der Waals surface area contributed by atoms with Gasteiger partial charge in [-0.3, -0.25) is 4.79 Å². The molecule has 0 fully saturated rings. The van der Waals surface area contributed by atoms with E-state index in [1.54, 1.807) is 23.7 Å². The van der Waals surface area contributed by atoms with Gasteiger partial charge in [0.2, 0.25) is 0 Å². The standard InChI is InChI=1S/C11H16N2O4/c1-7-3-4-9(13(7)2)10(15)12-8(5-6-14)11(16)17/h3-4,8,14H,5-6H2,1-2H3,(H,12,15)(H,16,17)/t8-/m0/s1. The predicted octanol–water partition coefficient (Wildman–Crippen LogP) is -0.101. The molecule has 1 amide bonds. The summed E-state index contributed by atoms with van der Waals surface area (Å²) in [5, 5.41) is 19.9. The quantitative estimate of drug-likeness (QED) is 0.670. The van der Waals surface area contributed by atoms with Gasteiger partial charge in [0.25, 0.3) is 5.91 Å². The van der Waals surface area contributed by atoms with Gasteiger partial charge in [0.05, 0.1) is 0 Å². The molecule has 0 aliphatic carbocycles. The Morgan fingerprint density at radius 3 is 2.53 bits per heavy atom. The zero-order valence-electron chi connectivity index (χ0n) is 9.80. The second-order valence-electron chi connectivity index (χ2n) is 3.80. The molecule has 6 heteroatoms. The highest BCUT2D eigenvalue weighted by Gasteiger charge is 2.21. The van der Waals surface area contributed by atoms with Crippen molar-refractivity contribution in [3.8, 4) is 0 Å². The molecule has 0 aliphatic rings. The van der Waals surface area contributed by atoms with Crippen LogP contribution < -0.4 is 5.32 Å². The predicted molar refractivity (Wildman–Crippen MR) is 60.7 cm³/mol. The van der Waals surface area contributed by atoms with Crippen molar-refractivity contribution in [2.45, 2.75) is 19.4 Å². The number of aromatic nitrogens is 1. The minimum Gasteiger partial charge on any atom is -0.480 e. The van der Waals surface area contributed by atoms with Crippen LogP contribution in [0.2, 0.25) is 0 Å². The van der Waals surface area contributed by atoms with E-state index < -0.39 is 17.9 Å². The van der Waals surface area contributed by atoms with Gasteiger partial charge in [0.1, 0.15) is 11.7 Å². The van der Waals surface area contributed by atoms with Gasteiger partial charge in [-0.2, -0.15) is 0 Å². The van der Waals surface area contributed by atoms with Crippen molar-refractivity contribution in [1.82, 2.24) is 9.88 Å². The minimum absolute atomic E-state index is 0.00945. The summed E-state index contributed by atoms with van der Waals surface area (Å²) < 4.78 is 1.67. The Morgan fingerprint density at radius 2 is 2.12 bits per heavy atom. The Bertz CT molecular complexity index is 425. The van der Waals surface area contributed by atoms with Gasteiger partial charge in [-0.05, 0) is 19.1 Å². The summed E-state index contributed by atoms with van der Waals surface area (Å²) in [6.45, 7) is 1.56. The number of carbonyl (C=O) groups is 2. The van der Waals surface area contributed by atoms with Crippen LogP contribution in [0.4, 0.5) is 0 Å². The Morgan fingerprint density at radius 1 is 1.47 bits per heavy atom. The molecule has 6 nitrogen and oxygen atoms in total. The molecule has 0 saturated heterocycles. The van der Waals surface area contributed by atoms with Crippen molar-refractivity contribution in [2.24, 2.45) is 7.05 Å². The van der Waals surface area contributed by atoms with Gasteiger partial charge in [-0.25, -0.2) is 4.79 Å². The van der Waals surface area contributed by atoms with E-state index in [0.29, 0.717) is 5.69 Å². The van der Waals surface area contributed by atoms with E-state index in [2.05, 4.69) is 5.32 Å². The number of aliphatic carboxylic acids is 1. The van der Waals surface area contributed by atoms with Crippen LogP contribution >= 0.6 is 0 Å². The van der Waals surface area contributed by atoms with Crippen LogP contribution in [0.3, 0.4) is 0 Å². The maximum atomic E-state index is 11.8. The van der Waals surface area contributed by atoms with E-state index in [9.17, 15) is 9.59 Å². The Balaban J connectivity index is 2.77. The summed E-state index contributed by atoms with van der Waals surface area (Å²) in [4.78, 5) is 22.6. The summed E-state index contributed by atoms with van der Waals surface area (Å²) in [6.07, 6.45) is -0.00945. The van der Waals surface area contributed by atoms with Gasteiger partial charge < -0.3 is 20.1 Å². The average Bonchev–Trinajstić information content (AvgIpc) is 2.59. The molecule has 0 bridgehead atoms. The largest absolute Gasteiger partial charge is 0.480 e. The SMILES string of the molecule is Cc1ccc(C(=O)N[C@@H](CCO)C(=O)O)n1C. The summed E-state index contributed by atoms with van der Waals surface area (Å²) >= 11 is 0. The van der Waals surface area contributed by atoms with E-state index >= 15 is 0 Å². The van der Waals surface area contributed by atoms with Gasteiger partial charge in [-0.15, -0.1) is 0 Å². The summed E-state index contributed by atoms with van der Waals surface area (Å²) in [7, 11) is 1.73. The highest BCUT2D eigenvalue weighted by molar-refractivity contribution is 5.95. The number of hydrogen-bond acceptors (Lipinski definition) is 3. The maximum Gasteiger partial charge on any atom is 0.326 e. The molecule has 17 heavy (non-hydrogen) atoms. The van der Waals surface area contributed by atoms with Crippen molar-refractivity contribution >= 4 is 11.9 Å².